The Hall–Kier alpha value is -5.73. The van der Waals surface area contributed by atoms with Gasteiger partial charge in [-0.15, -0.1) is 34.5 Å². The van der Waals surface area contributed by atoms with E-state index in [9.17, 15) is 44.4 Å². The van der Waals surface area contributed by atoms with E-state index in [1.165, 1.54) is 14.7 Å². The number of anilines is 2. The lowest BCUT2D eigenvalue weighted by molar-refractivity contribution is -0.270. The Labute approximate surface area is 404 Å². The maximum absolute atomic E-state index is 14.6. The molecule has 4 amide bonds. The molecule has 3 aliphatic heterocycles. The molecule has 360 valence electrons. The second kappa shape index (κ2) is 19.3. The number of alkyl halides is 2. The Balaban J connectivity index is 1.06. The van der Waals surface area contributed by atoms with Crippen LogP contribution in [0.1, 0.15) is 63.1 Å². The van der Waals surface area contributed by atoms with Gasteiger partial charge in [-0.2, -0.15) is 0 Å². The van der Waals surface area contributed by atoms with Gasteiger partial charge in [0.2, 0.25) is 6.29 Å². The minimum absolute atomic E-state index is 0.0998. The summed E-state index contributed by atoms with van der Waals surface area (Å²) in [6.45, 7) is 6.00. The zero-order chi connectivity index (χ0) is 48.9. The molecule has 68 heavy (non-hydrogen) atoms. The molecule has 7 atom stereocenters. The van der Waals surface area contributed by atoms with Crippen molar-refractivity contribution in [1.82, 2.24) is 9.80 Å². The number of aliphatic hydroxyl groups is 3. The van der Waals surface area contributed by atoms with Crippen molar-refractivity contribution in [3.63, 3.8) is 0 Å². The van der Waals surface area contributed by atoms with Crippen LogP contribution in [0, 0.1) is 0 Å². The summed E-state index contributed by atoms with van der Waals surface area (Å²) in [6, 6.07) is 20.8. The van der Waals surface area contributed by atoms with Crippen LogP contribution in [0.15, 0.2) is 72.8 Å². The number of aliphatic carboxylic acids is 1. The van der Waals surface area contributed by atoms with E-state index in [-0.39, 0.29) is 71.0 Å². The average molecular weight is 994 g/mol. The van der Waals surface area contributed by atoms with Crippen molar-refractivity contribution in [2.45, 2.75) is 68.9 Å². The summed E-state index contributed by atoms with van der Waals surface area (Å²) in [7, 11) is 3.13. The quantitative estimate of drug-likeness (QED) is 0.103. The summed E-state index contributed by atoms with van der Waals surface area (Å²) < 4.78 is 22.9. The lowest BCUT2D eigenvalue weighted by Crippen LogP contribution is -2.61. The fraction of sp³-hybridized carbons (Fsp3) is 0.396. The fourth-order valence-corrected chi connectivity index (χ4v) is 10.2. The fourth-order valence-electron chi connectivity index (χ4n) is 8.75. The molecule has 1 aromatic heterocycles. The smallest absolute Gasteiger partial charge is 0.415 e. The number of amides is 4. The van der Waals surface area contributed by atoms with Gasteiger partial charge < -0.3 is 59.0 Å². The first kappa shape index (κ1) is 48.7. The number of hydrogen-bond acceptors (Lipinski definition) is 13. The van der Waals surface area contributed by atoms with E-state index in [0.29, 0.717) is 27.5 Å². The van der Waals surface area contributed by atoms with Gasteiger partial charge >= 0.3 is 18.2 Å². The van der Waals surface area contributed by atoms with Gasteiger partial charge in [0.25, 0.3) is 11.8 Å². The summed E-state index contributed by atoms with van der Waals surface area (Å²) in [6.07, 6.45) is -10.5. The molecule has 17 nitrogen and oxygen atoms in total. The minimum Gasteiger partial charge on any atom is -0.479 e. The highest BCUT2D eigenvalue weighted by Gasteiger charge is 2.48. The van der Waals surface area contributed by atoms with Crippen molar-refractivity contribution in [1.29, 1.82) is 0 Å². The standard InChI is InChI=1S/C48H50Cl2N4O13S/c1-48(2,3)67-47(63)52(5)17-16-51(4)46(62)65-33-19-31-37(29-13-9-7-11-27(29)33)25(21-50)23-54(31)43(59)35-15-14-34(68-35)42(58)53-22-24(20-49)36-28-12-8-6-10-26(28)32(18-30(36)53)64-45-40(57)38(55)39(56)41(66-45)44(60)61/h6-15,18-19,24-25,38-41,45,55-57H,16-17,20-23H2,1-5H3,(H,60,61)/t24-,25-,38+,39+,40-,41?,45-/m1/s1. The predicted molar refractivity (Wildman–Crippen MR) is 255 cm³/mol. The third-order valence-corrected chi connectivity index (χ3v) is 14.0. The van der Waals surface area contributed by atoms with Gasteiger partial charge in [0, 0.05) is 86.8 Å². The number of thiophene rings is 1. The zero-order valence-corrected chi connectivity index (χ0v) is 40.0. The summed E-state index contributed by atoms with van der Waals surface area (Å²) in [4.78, 5) is 73.3. The first-order valence-corrected chi connectivity index (χ1v) is 23.6. The van der Waals surface area contributed by atoms with Gasteiger partial charge in [-0.05, 0) is 54.8 Å². The number of carbonyl (C=O) groups is 5. The highest BCUT2D eigenvalue weighted by Crippen LogP contribution is 2.49. The van der Waals surface area contributed by atoms with Crippen LogP contribution in [-0.4, -0.2) is 149 Å². The van der Waals surface area contributed by atoms with E-state index >= 15 is 0 Å². The van der Waals surface area contributed by atoms with E-state index in [2.05, 4.69) is 0 Å². The van der Waals surface area contributed by atoms with Crippen LogP contribution < -0.4 is 19.3 Å². The molecule has 0 bridgehead atoms. The molecule has 3 aliphatic rings. The number of aliphatic hydroxyl groups excluding tert-OH is 3. The van der Waals surface area contributed by atoms with Gasteiger partial charge in [-0.25, -0.2) is 14.4 Å². The molecule has 0 radical (unpaired) electrons. The number of carboxylic acids is 1. The number of carbonyl (C=O) groups excluding carboxylic acids is 4. The number of carboxylic acid groups (broad SMARTS) is 1. The Morgan fingerprint density at radius 2 is 1.18 bits per heavy atom. The molecule has 1 fully saturated rings. The van der Waals surface area contributed by atoms with Crippen molar-refractivity contribution >= 4 is 97.4 Å². The normalized spacial score (nSPS) is 22.2. The number of ether oxygens (including phenoxy) is 4. The molecule has 1 unspecified atom stereocenters. The summed E-state index contributed by atoms with van der Waals surface area (Å²) in [5.74, 6) is -2.37. The van der Waals surface area contributed by atoms with Crippen molar-refractivity contribution in [2.75, 3.05) is 61.8 Å². The Kier molecular flexibility index (Phi) is 13.9. The summed E-state index contributed by atoms with van der Waals surface area (Å²) in [5, 5.41) is 43.8. The van der Waals surface area contributed by atoms with Crippen LogP contribution in [0.25, 0.3) is 21.5 Å². The molecule has 20 heteroatoms. The Morgan fingerprint density at radius 1 is 0.706 bits per heavy atom. The molecule has 8 rings (SSSR count). The monoisotopic (exact) mass is 992 g/mol. The van der Waals surface area contributed by atoms with Crippen LogP contribution in [-0.2, 0) is 14.3 Å². The van der Waals surface area contributed by atoms with E-state index < -0.39 is 66.3 Å². The largest absolute Gasteiger partial charge is 0.479 e. The van der Waals surface area contributed by atoms with Crippen molar-refractivity contribution < 1.29 is 63.3 Å². The average Bonchev–Trinajstić information content (AvgIpc) is 4.06. The Bertz CT molecular complexity index is 2800. The highest BCUT2D eigenvalue weighted by atomic mass is 35.5. The SMILES string of the molecule is CN(CCN(C)C(=O)OC(C)(C)C)C(=O)Oc1cc2c(c3ccccc13)[C@H](CCl)CN2C(=O)c1ccc(C(=O)N2C[C@@H](CCl)c3c2cc(O[C@@H]2OC(C(=O)O)[C@@H](O)[C@H](O)[C@H]2O)c2ccccc32)s1. The second-order valence-electron chi connectivity index (χ2n) is 17.9. The maximum atomic E-state index is 14.6. The molecule has 4 N–H and O–H groups in total. The van der Waals surface area contributed by atoms with Crippen molar-refractivity contribution in [3.8, 4) is 11.5 Å². The molecule has 4 heterocycles. The molecule has 0 spiro atoms. The van der Waals surface area contributed by atoms with Crippen LogP contribution >= 0.6 is 34.5 Å². The van der Waals surface area contributed by atoms with Crippen LogP contribution in [0.4, 0.5) is 21.0 Å². The molecule has 4 aromatic carbocycles. The van der Waals surface area contributed by atoms with Gasteiger partial charge in [-0.3, -0.25) is 9.59 Å². The second-order valence-corrected chi connectivity index (χ2v) is 19.6. The van der Waals surface area contributed by atoms with E-state index in [4.69, 9.17) is 42.1 Å². The third kappa shape index (κ3) is 9.25. The lowest BCUT2D eigenvalue weighted by atomic mass is 9.95. The first-order valence-electron chi connectivity index (χ1n) is 21.7. The number of rotatable bonds is 11. The molecule has 5 aromatic rings. The van der Waals surface area contributed by atoms with E-state index in [1.807, 2.05) is 30.3 Å². The summed E-state index contributed by atoms with van der Waals surface area (Å²) >= 11 is 14.1. The van der Waals surface area contributed by atoms with Gasteiger partial charge in [0.05, 0.1) is 21.1 Å². The van der Waals surface area contributed by atoms with Crippen LogP contribution in [0.5, 0.6) is 11.5 Å². The Morgan fingerprint density at radius 3 is 1.66 bits per heavy atom. The van der Waals surface area contributed by atoms with Crippen LogP contribution in [0.3, 0.4) is 0 Å². The zero-order valence-electron chi connectivity index (χ0n) is 37.6. The first-order chi connectivity index (χ1) is 32.3. The lowest BCUT2D eigenvalue weighted by Gasteiger charge is -2.38. The van der Waals surface area contributed by atoms with Crippen molar-refractivity contribution in [3.05, 3.63) is 93.7 Å². The van der Waals surface area contributed by atoms with Gasteiger partial charge in [0.1, 0.15) is 35.4 Å². The van der Waals surface area contributed by atoms with E-state index in [1.54, 1.807) is 82.2 Å². The topological polar surface area (TPSA) is 216 Å². The maximum Gasteiger partial charge on any atom is 0.415 e. The van der Waals surface area contributed by atoms with Gasteiger partial charge in [-0.1, -0.05) is 48.5 Å². The number of nitrogens with zero attached hydrogens (tertiary/aromatic N) is 4. The summed E-state index contributed by atoms with van der Waals surface area (Å²) in [5.41, 5.74) is 1.79. The molecule has 0 saturated carbocycles. The minimum atomic E-state index is -1.92. The molecular formula is C48H50Cl2N4O13S. The van der Waals surface area contributed by atoms with Crippen LogP contribution in [0.2, 0.25) is 0 Å². The van der Waals surface area contributed by atoms with Crippen molar-refractivity contribution in [2.24, 2.45) is 0 Å². The number of hydrogen-bond donors (Lipinski definition) is 4. The number of fused-ring (bicyclic) bond motifs is 6. The number of halogens is 2. The number of benzene rings is 4. The highest BCUT2D eigenvalue weighted by molar-refractivity contribution is 7.16. The molecule has 0 aliphatic carbocycles. The number of likely N-dealkylation sites (N-methyl/N-ethyl adjacent to an activating group) is 2. The molecular weight excluding hydrogens is 944 g/mol. The molecule has 1 saturated heterocycles. The van der Waals surface area contributed by atoms with E-state index in [0.717, 1.165) is 27.8 Å². The van der Waals surface area contributed by atoms with Gasteiger partial charge in [0.15, 0.2) is 6.10 Å². The third-order valence-electron chi connectivity index (χ3n) is 12.2. The predicted octanol–water partition coefficient (Wildman–Crippen LogP) is 6.59.